The molecule has 0 saturated carbocycles. The van der Waals surface area contributed by atoms with Gasteiger partial charge in [0.1, 0.15) is 5.75 Å². The summed E-state index contributed by atoms with van der Waals surface area (Å²) in [5, 5.41) is 3.57. The Morgan fingerprint density at radius 2 is 1.49 bits per heavy atom. The van der Waals surface area contributed by atoms with Crippen LogP contribution in [0.25, 0.3) is 19.5 Å². The van der Waals surface area contributed by atoms with Crippen molar-refractivity contribution in [2.75, 3.05) is 7.11 Å². The number of unbranched alkanes of at least 4 members (excludes halogenated alkanes) is 3. The Morgan fingerprint density at radius 3 is 2.13 bits per heavy atom. The fourth-order valence-electron chi connectivity index (χ4n) is 4.02. The summed E-state index contributed by atoms with van der Waals surface area (Å²) in [5.41, 5.74) is 1.62. The molecule has 3 aromatic heterocycles. The molecule has 0 spiro atoms. The van der Waals surface area contributed by atoms with Crippen molar-refractivity contribution in [3.8, 4) is 25.3 Å². The Morgan fingerprint density at radius 1 is 0.769 bits per heavy atom. The largest absolute Gasteiger partial charge is 0.495 e. The lowest BCUT2D eigenvalue weighted by atomic mass is 9.98. The first-order chi connectivity index (χ1) is 18.2. The highest BCUT2D eigenvalue weighted by atomic mass is 32.1. The van der Waals surface area contributed by atoms with E-state index in [2.05, 4.69) is 13.0 Å². The second-order valence-electron chi connectivity index (χ2n) is 9.12. The van der Waals surface area contributed by atoms with Crippen molar-refractivity contribution in [3.05, 3.63) is 40.1 Å². The molecular weight excluding hydrogens is 595 g/mol. The Hall–Kier alpha value is -1.73. The molecule has 0 bridgehead atoms. The maximum Gasteiger partial charge on any atom is 0.460 e. The summed E-state index contributed by atoms with van der Waals surface area (Å²) in [5.74, 6) is -18.2. The van der Waals surface area contributed by atoms with Crippen LogP contribution in [0.1, 0.15) is 56.6 Å². The van der Waals surface area contributed by atoms with E-state index in [9.17, 15) is 39.5 Å². The lowest BCUT2D eigenvalue weighted by molar-refractivity contribution is -0.396. The van der Waals surface area contributed by atoms with Gasteiger partial charge < -0.3 is 4.74 Å². The fourth-order valence-corrected chi connectivity index (χ4v) is 7.32. The molecule has 0 aliphatic carbocycles. The smallest absolute Gasteiger partial charge is 0.460 e. The van der Waals surface area contributed by atoms with E-state index >= 15 is 0 Å². The Balaban J connectivity index is 1.76. The predicted octanol–water partition coefficient (Wildman–Crippen LogP) is 11.1. The van der Waals surface area contributed by atoms with E-state index in [4.69, 9.17) is 4.74 Å². The SMILES string of the molecule is CCCCCCc1cc(-c2sccc2OC)sc1-c1cc(CCCC(F)(F)C(F)(F)C(F)(F)C(F)(F)F)cs1. The third-order valence-corrected chi connectivity index (χ3v) is 9.64. The van der Waals surface area contributed by atoms with Crippen molar-refractivity contribution >= 4 is 34.0 Å². The van der Waals surface area contributed by atoms with Crippen molar-refractivity contribution in [2.45, 2.75) is 82.2 Å². The number of hydrogen-bond donors (Lipinski definition) is 0. The summed E-state index contributed by atoms with van der Waals surface area (Å²) >= 11 is 4.41. The zero-order valence-electron chi connectivity index (χ0n) is 21.1. The first kappa shape index (κ1) is 31.8. The lowest BCUT2D eigenvalue weighted by Gasteiger charge is -2.33. The van der Waals surface area contributed by atoms with Crippen LogP contribution in [0.4, 0.5) is 39.5 Å². The van der Waals surface area contributed by atoms with Crippen LogP contribution in [0.3, 0.4) is 0 Å². The van der Waals surface area contributed by atoms with Crippen LogP contribution >= 0.6 is 34.0 Å². The van der Waals surface area contributed by atoms with Crippen LogP contribution in [-0.4, -0.2) is 31.1 Å². The van der Waals surface area contributed by atoms with Crippen LogP contribution in [0.15, 0.2) is 29.0 Å². The number of aryl methyl sites for hydroxylation is 2. The molecule has 0 atom stereocenters. The normalized spacial score (nSPS) is 13.3. The molecule has 0 amide bonds. The first-order valence-corrected chi connectivity index (χ1v) is 14.8. The van der Waals surface area contributed by atoms with Crippen LogP contribution in [-0.2, 0) is 12.8 Å². The third-order valence-electron chi connectivity index (χ3n) is 6.22. The molecule has 0 aliphatic rings. The van der Waals surface area contributed by atoms with Gasteiger partial charge >= 0.3 is 23.9 Å². The van der Waals surface area contributed by atoms with Crippen LogP contribution in [0, 0.1) is 0 Å². The summed E-state index contributed by atoms with van der Waals surface area (Å²) in [6, 6.07) is 5.69. The summed E-state index contributed by atoms with van der Waals surface area (Å²) in [6.45, 7) is 2.11. The lowest BCUT2D eigenvalue weighted by Crippen LogP contribution is -2.60. The molecule has 0 saturated heterocycles. The number of rotatable bonds is 14. The second kappa shape index (κ2) is 12.4. The Kier molecular flexibility index (Phi) is 10.1. The van der Waals surface area contributed by atoms with Crippen molar-refractivity contribution in [1.82, 2.24) is 0 Å². The first-order valence-electron chi connectivity index (χ1n) is 12.2. The topological polar surface area (TPSA) is 9.23 Å². The molecule has 0 N–H and O–H groups in total. The number of ether oxygens (including phenoxy) is 1. The molecule has 0 unspecified atom stereocenters. The van der Waals surface area contributed by atoms with Gasteiger partial charge in [0, 0.05) is 21.1 Å². The van der Waals surface area contributed by atoms with E-state index in [1.807, 2.05) is 11.4 Å². The molecule has 3 heterocycles. The third kappa shape index (κ3) is 6.78. The molecule has 13 heteroatoms. The van der Waals surface area contributed by atoms with E-state index in [0.29, 0.717) is 5.56 Å². The van der Waals surface area contributed by atoms with Crippen molar-refractivity contribution in [2.24, 2.45) is 0 Å². The van der Waals surface area contributed by atoms with Gasteiger partial charge in [0.2, 0.25) is 0 Å². The van der Waals surface area contributed by atoms with Crippen LogP contribution in [0.2, 0.25) is 0 Å². The molecule has 3 aromatic rings. The maximum atomic E-state index is 13.9. The highest BCUT2D eigenvalue weighted by Crippen LogP contribution is 2.54. The van der Waals surface area contributed by atoms with Gasteiger partial charge in [-0.2, -0.15) is 39.5 Å². The molecule has 39 heavy (non-hydrogen) atoms. The van der Waals surface area contributed by atoms with Gasteiger partial charge in [0.15, 0.2) is 0 Å². The summed E-state index contributed by atoms with van der Waals surface area (Å²) in [7, 11) is 1.58. The van der Waals surface area contributed by atoms with Gasteiger partial charge in [-0.05, 0) is 65.8 Å². The second-order valence-corrected chi connectivity index (χ2v) is 12.0. The highest BCUT2D eigenvalue weighted by Gasteiger charge is 2.81. The van der Waals surface area contributed by atoms with Crippen LogP contribution < -0.4 is 4.74 Å². The summed E-state index contributed by atoms with van der Waals surface area (Å²) < 4.78 is 124. The van der Waals surface area contributed by atoms with Gasteiger partial charge in [-0.25, -0.2) is 0 Å². The van der Waals surface area contributed by atoms with E-state index in [1.165, 1.54) is 22.7 Å². The van der Waals surface area contributed by atoms with Crippen LogP contribution in [0.5, 0.6) is 5.75 Å². The average Bonchev–Trinajstić information content (AvgIpc) is 3.59. The minimum Gasteiger partial charge on any atom is -0.495 e. The van der Waals surface area contributed by atoms with Gasteiger partial charge in [0.25, 0.3) is 0 Å². The Labute approximate surface area is 232 Å². The van der Waals surface area contributed by atoms with Crippen molar-refractivity contribution < 1.29 is 44.3 Å². The monoisotopic (exact) mass is 622 g/mol. The molecule has 0 radical (unpaired) electrons. The van der Waals surface area contributed by atoms with E-state index in [-0.39, 0.29) is 6.42 Å². The van der Waals surface area contributed by atoms with E-state index in [0.717, 1.165) is 62.9 Å². The van der Waals surface area contributed by atoms with Gasteiger partial charge in [0.05, 0.1) is 12.0 Å². The van der Waals surface area contributed by atoms with Crippen molar-refractivity contribution in [3.63, 3.8) is 0 Å². The number of hydrogen-bond acceptors (Lipinski definition) is 4. The Bertz CT molecular complexity index is 1210. The number of halogens is 9. The number of alkyl halides is 9. The average molecular weight is 623 g/mol. The standard InChI is InChI=1S/C26H27F9OS3/c1-3-4-5-6-9-17-14-20(22-18(36-2)10-12-37-22)39-21(17)19-13-16(15-38-19)8-7-11-23(27,28)24(29,30)25(31,32)26(33,34)35/h10,12-15H,3-9,11H2,1-2H3. The molecule has 3 rings (SSSR count). The van der Waals surface area contributed by atoms with E-state index in [1.54, 1.807) is 29.9 Å². The zero-order valence-corrected chi connectivity index (χ0v) is 23.5. The predicted molar refractivity (Wildman–Crippen MR) is 139 cm³/mol. The van der Waals surface area contributed by atoms with Gasteiger partial charge in [-0.1, -0.05) is 26.2 Å². The van der Waals surface area contributed by atoms with Crippen molar-refractivity contribution in [1.29, 1.82) is 0 Å². The minimum absolute atomic E-state index is 0.178. The van der Waals surface area contributed by atoms with E-state index < -0.39 is 36.8 Å². The zero-order chi connectivity index (χ0) is 29.1. The molecule has 1 nitrogen and oxygen atoms in total. The number of methoxy groups -OCH3 is 1. The maximum absolute atomic E-state index is 13.9. The molecule has 218 valence electrons. The number of thiophene rings is 3. The summed E-state index contributed by atoms with van der Waals surface area (Å²) in [4.78, 5) is 3.79. The fraction of sp³-hybridized carbons (Fsp3) is 0.538. The van der Waals surface area contributed by atoms with Gasteiger partial charge in [-0.3, -0.25) is 0 Å². The summed E-state index contributed by atoms with van der Waals surface area (Å²) in [6.07, 6.45) is -4.45. The minimum atomic E-state index is -6.85. The molecule has 0 fully saturated rings. The molecular formula is C26H27F9OS3. The molecule has 0 aliphatic heterocycles. The van der Waals surface area contributed by atoms with Gasteiger partial charge in [-0.15, -0.1) is 34.0 Å². The highest BCUT2D eigenvalue weighted by molar-refractivity contribution is 7.26. The quantitative estimate of drug-likeness (QED) is 0.128. The molecule has 0 aromatic carbocycles.